The van der Waals surface area contributed by atoms with Crippen LogP contribution in [0.25, 0.3) is 0 Å². The number of hydrogen-bond donors (Lipinski definition) is 1. The second-order valence-corrected chi connectivity index (χ2v) is 5.60. The Morgan fingerprint density at radius 3 is 1.85 bits per heavy atom. The van der Waals surface area contributed by atoms with Crippen LogP contribution in [-0.4, -0.2) is 12.1 Å². The summed E-state index contributed by atoms with van der Waals surface area (Å²) in [6, 6.07) is 1.69. The molecule has 76 valence electrons. The monoisotopic (exact) mass is 181 g/mol. The molecule has 2 fully saturated rings. The summed E-state index contributed by atoms with van der Waals surface area (Å²) in [4.78, 5) is 0. The van der Waals surface area contributed by atoms with Gasteiger partial charge in [-0.15, -0.1) is 0 Å². The molecular formula is C12H23N. The Kier molecular flexibility index (Phi) is 2.64. The standard InChI is InChI=1S/C12H23N/c1-8-4-9(2)6-11(5-8)13-12-7-10(12)3/h8-13H,4-7H2,1-3H3. The first-order valence-corrected chi connectivity index (χ1v) is 5.91. The zero-order valence-electron chi connectivity index (χ0n) is 9.22. The van der Waals surface area contributed by atoms with Gasteiger partial charge in [0.15, 0.2) is 0 Å². The third-order valence-corrected chi connectivity index (χ3v) is 3.74. The van der Waals surface area contributed by atoms with Crippen molar-refractivity contribution >= 4 is 0 Å². The first-order valence-electron chi connectivity index (χ1n) is 5.91. The van der Waals surface area contributed by atoms with Crippen LogP contribution in [0.1, 0.15) is 46.5 Å². The van der Waals surface area contributed by atoms with Crippen LogP contribution in [0.15, 0.2) is 0 Å². The van der Waals surface area contributed by atoms with Crippen molar-refractivity contribution < 1.29 is 0 Å². The molecule has 2 aliphatic rings. The van der Waals surface area contributed by atoms with Gasteiger partial charge >= 0.3 is 0 Å². The summed E-state index contributed by atoms with van der Waals surface area (Å²) < 4.78 is 0. The summed E-state index contributed by atoms with van der Waals surface area (Å²) in [6.45, 7) is 7.16. The first kappa shape index (κ1) is 9.51. The molecule has 2 aliphatic carbocycles. The van der Waals surface area contributed by atoms with Crippen LogP contribution >= 0.6 is 0 Å². The Morgan fingerprint density at radius 2 is 1.38 bits per heavy atom. The largest absolute Gasteiger partial charge is 0.311 e. The van der Waals surface area contributed by atoms with Gasteiger partial charge in [-0.05, 0) is 43.4 Å². The molecule has 13 heavy (non-hydrogen) atoms. The Labute approximate surface area is 82.3 Å². The Morgan fingerprint density at radius 1 is 0.846 bits per heavy atom. The van der Waals surface area contributed by atoms with Crippen LogP contribution in [-0.2, 0) is 0 Å². The van der Waals surface area contributed by atoms with Gasteiger partial charge in [-0.25, -0.2) is 0 Å². The van der Waals surface area contributed by atoms with E-state index in [9.17, 15) is 0 Å². The van der Waals surface area contributed by atoms with Gasteiger partial charge < -0.3 is 5.32 Å². The summed E-state index contributed by atoms with van der Waals surface area (Å²) >= 11 is 0. The van der Waals surface area contributed by atoms with Gasteiger partial charge in [-0.2, -0.15) is 0 Å². The molecule has 0 saturated heterocycles. The lowest BCUT2D eigenvalue weighted by Crippen LogP contribution is -2.38. The van der Waals surface area contributed by atoms with Crippen LogP contribution in [0, 0.1) is 17.8 Å². The Bertz CT molecular complexity index is 168. The minimum absolute atomic E-state index is 0.827. The molecule has 0 aromatic carbocycles. The van der Waals surface area contributed by atoms with Crippen molar-refractivity contribution in [3.63, 3.8) is 0 Å². The minimum atomic E-state index is 0.827. The molecule has 0 heterocycles. The third kappa shape index (κ3) is 2.46. The average Bonchev–Trinajstić information content (AvgIpc) is 2.63. The van der Waals surface area contributed by atoms with Crippen LogP contribution < -0.4 is 5.32 Å². The Balaban J connectivity index is 1.78. The summed E-state index contributed by atoms with van der Waals surface area (Å²) in [5.74, 6) is 2.83. The van der Waals surface area contributed by atoms with Crippen molar-refractivity contribution in [2.75, 3.05) is 0 Å². The maximum Gasteiger partial charge on any atom is 0.00989 e. The van der Waals surface area contributed by atoms with E-state index in [2.05, 4.69) is 26.1 Å². The van der Waals surface area contributed by atoms with Crippen molar-refractivity contribution in [2.24, 2.45) is 17.8 Å². The lowest BCUT2D eigenvalue weighted by molar-refractivity contribution is 0.236. The molecule has 2 saturated carbocycles. The smallest absolute Gasteiger partial charge is 0.00989 e. The molecule has 0 bridgehead atoms. The molecule has 0 amide bonds. The second-order valence-electron chi connectivity index (χ2n) is 5.60. The van der Waals surface area contributed by atoms with E-state index in [1.807, 2.05) is 0 Å². The highest BCUT2D eigenvalue weighted by atomic mass is 15.0. The summed E-state index contributed by atoms with van der Waals surface area (Å²) in [7, 11) is 0. The topological polar surface area (TPSA) is 12.0 Å². The summed E-state index contributed by atoms with van der Waals surface area (Å²) in [5, 5.41) is 3.80. The maximum absolute atomic E-state index is 3.80. The molecule has 4 unspecified atom stereocenters. The normalized spacial score (nSPS) is 50.5. The van der Waals surface area contributed by atoms with Crippen LogP contribution in [0.5, 0.6) is 0 Å². The van der Waals surface area contributed by atoms with Crippen molar-refractivity contribution in [2.45, 2.75) is 58.5 Å². The van der Waals surface area contributed by atoms with E-state index < -0.39 is 0 Å². The van der Waals surface area contributed by atoms with Gasteiger partial charge in [0.1, 0.15) is 0 Å². The van der Waals surface area contributed by atoms with E-state index in [1.54, 1.807) is 0 Å². The van der Waals surface area contributed by atoms with E-state index >= 15 is 0 Å². The fourth-order valence-electron chi connectivity index (χ4n) is 2.94. The zero-order chi connectivity index (χ0) is 9.42. The maximum atomic E-state index is 3.80. The SMILES string of the molecule is CC1CC(C)CC(NC2CC2C)C1. The molecule has 1 nitrogen and oxygen atoms in total. The average molecular weight is 181 g/mol. The molecule has 0 aromatic heterocycles. The van der Waals surface area contributed by atoms with Gasteiger partial charge in [-0.3, -0.25) is 0 Å². The van der Waals surface area contributed by atoms with E-state index in [0.29, 0.717) is 0 Å². The van der Waals surface area contributed by atoms with Gasteiger partial charge in [0.05, 0.1) is 0 Å². The molecular weight excluding hydrogens is 158 g/mol. The fourth-order valence-corrected chi connectivity index (χ4v) is 2.94. The molecule has 2 rings (SSSR count). The van der Waals surface area contributed by atoms with Gasteiger partial charge in [0, 0.05) is 12.1 Å². The van der Waals surface area contributed by atoms with Gasteiger partial charge in [0.2, 0.25) is 0 Å². The van der Waals surface area contributed by atoms with Gasteiger partial charge in [-0.1, -0.05) is 20.8 Å². The second kappa shape index (κ2) is 3.61. The van der Waals surface area contributed by atoms with Crippen LogP contribution in [0.2, 0.25) is 0 Å². The highest BCUT2D eigenvalue weighted by Crippen LogP contribution is 2.34. The predicted molar refractivity (Wildman–Crippen MR) is 56.7 cm³/mol. The molecule has 0 spiro atoms. The van der Waals surface area contributed by atoms with Gasteiger partial charge in [0.25, 0.3) is 0 Å². The minimum Gasteiger partial charge on any atom is -0.311 e. The number of hydrogen-bond acceptors (Lipinski definition) is 1. The van der Waals surface area contributed by atoms with E-state index in [4.69, 9.17) is 0 Å². The van der Waals surface area contributed by atoms with E-state index in [1.165, 1.54) is 25.7 Å². The first-order chi connectivity index (χ1) is 6.15. The fraction of sp³-hybridized carbons (Fsp3) is 1.00. The molecule has 0 radical (unpaired) electrons. The zero-order valence-corrected chi connectivity index (χ0v) is 9.22. The summed E-state index contributed by atoms with van der Waals surface area (Å²) in [5.41, 5.74) is 0. The number of rotatable bonds is 2. The predicted octanol–water partition coefficient (Wildman–Crippen LogP) is 2.81. The third-order valence-electron chi connectivity index (χ3n) is 3.74. The lowest BCUT2D eigenvalue weighted by Gasteiger charge is -2.32. The van der Waals surface area contributed by atoms with E-state index in [-0.39, 0.29) is 0 Å². The molecule has 0 aromatic rings. The highest BCUT2D eigenvalue weighted by molar-refractivity contribution is 4.93. The van der Waals surface area contributed by atoms with Crippen molar-refractivity contribution in [3.8, 4) is 0 Å². The van der Waals surface area contributed by atoms with Crippen LogP contribution in [0.4, 0.5) is 0 Å². The Hall–Kier alpha value is -0.0400. The number of nitrogens with one attached hydrogen (secondary N) is 1. The van der Waals surface area contributed by atoms with Crippen molar-refractivity contribution in [3.05, 3.63) is 0 Å². The molecule has 1 N–H and O–H groups in total. The summed E-state index contributed by atoms with van der Waals surface area (Å²) in [6.07, 6.45) is 5.68. The lowest BCUT2D eigenvalue weighted by atomic mass is 9.80. The van der Waals surface area contributed by atoms with Crippen molar-refractivity contribution in [1.29, 1.82) is 0 Å². The quantitative estimate of drug-likeness (QED) is 0.690. The van der Waals surface area contributed by atoms with Crippen LogP contribution in [0.3, 0.4) is 0 Å². The highest BCUT2D eigenvalue weighted by Gasteiger charge is 2.35. The molecule has 4 atom stereocenters. The molecule has 1 heteroatoms. The van der Waals surface area contributed by atoms with Crippen molar-refractivity contribution in [1.82, 2.24) is 5.32 Å². The van der Waals surface area contributed by atoms with E-state index in [0.717, 1.165) is 29.8 Å². The molecule has 0 aliphatic heterocycles.